The molecule has 2 aromatic rings. The van der Waals surface area contributed by atoms with E-state index in [9.17, 15) is 9.50 Å². The van der Waals surface area contributed by atoms with Crippen LogP contribution >= 0.6 is 0 Å². The fourth-order valence-electron chi connectivity index (χ4n) is 1.69. The summed E-state index contributed by atoms with van der Waals surface area (Å²) in [4.78, 5) is 7.96. The summed E-state index contributed by atoms with van der Waals surface area (Å²) in [6.45, 7) is 0. The average molecular weight is 248 g/mol. The van der Waals surface area contributed by atoms with Gasteiger partial charge in [-0.2, -0.15) is 0 Å². The Kier molecular flexibility index (Phi) is 3.84. The van der Waals surface area contributed by atoms with Gasteiger partial charge >= 0.3 is 0 Å². The van der Waals surface area contributed by atoms with Gasteiger partial charge in [0.1, 0.15) is 17.6 Å². The van der Waals surface area contributed by atoms with Crippen molar-refractivity contribution in [3.05, 3.63) is 53.7 Å². The standard InChI is InChI=1S/C13H13FN2O2/c1-18-13-12(15-6-7-16-13)11(17)8-9-4-2-3-5-10(9)14/h2-7,11,17H,8H2,1H3. The molecule has 0 bridgehead atoms. The summed E-state index contributed by atoms with van der Waals surface area (Å²) in [7, 11) is 1.45. The third kappa shape index (κ3) is 2.62. The van der Waals surface area contributed by atoms with Gasteiger partial charge in [-0.1, -0.05) is 18.2 Å². The van der Waals surface area contributed by atoms with Crippen molar-refractivity contribution in [3.63, 3.8) is 0 Å². The molecule has 94 valence electrons. The predicted molar refractivity (Wildman–Crippen MR) is 63.6 cm³/mol. The molecular weight excluding hydrogens is 235 g/mol. The zero-order valence-electron chi connectivity index (χ0n) is 9.88. The van der Waals surface area contributed by atoms with E-state index in [1.54, 1.807) is 18.2 Å². The highest BCUT2D eigenvalue weighted by Gasteiger charge is 2.17. The Morgan fingerprint density at radius 2 is 2.00 bits per heavy atom. The molecule has 1 N–H and O–H groups in total. The summed E-state index contributed by atoms with van der Waals surface area (Å²) in [6.07, 6.45) is 2.10. The normalized spacial score (nSPS) is 12.2. The quantitative estimate of drug-likeness (QED) is 0.897. The molecule has 1 atom stereocenters. The number of aliphatic hydroxyl groups excluding tert-OH is 1. The first kappa shape index (κ1) is 12.4. The summed E-state index contributed by atoms with van der Waals surface area (Å²) >= 11 is 0. The Bertz CT molecular complexity index is 534. The average Bonchev–Trinajstić information content (AvgIpc) is 2.41. The van der Waals surface area contributed by atoms with Gasteiger partial charge in [-0.3, -0.25) is 4.98 Å². The molecule has 0 fully saturated rings. The van der Waals surface area contributed by atoms with Crippen LogP contribution in [0.3, 0.4) is 0 Å². The van der Waals surface area contributed by atoms with Crippen LogP contribution in [0, 0.1) is 5.82 Å². The monoisotopic (exact) mass is 248 g/mol. The van der Waals surface area contributed by atoms with Gasteiger partial charge in [0, 0.05) is 18.8 Å². The minimum atomic E-state index is -0.953. The Hall–Kier alpha value is -2.01. The van der Waals surface area contributed by atoms with Crippen LogP contribution in [0.2, 0.25) is 0 Å². The molecule has 0 aliphatic carbocycles. The first-order valence-corrected chi connectivity index (χ1v) is 5.48. The summed E-state index contributed by atoms with van der Waals surface area (Å²) in [5.41, 5.74) is 0.737. The molecule has 0 aliphatic heterocycles. The highest BCUT2D eigenvalue weighted by atomic mass is 19.1. The molecule has 0 saturated heterocycles. The van der Waals surface area contributed by atoms with E-state index in [1.165, 1.54) is 25.6 Å². The van der Waals surface area contributed by atoms with E-state index in [-0.39, 0.29) is 18.1 Å². The lowest BCUT2D eigenvalue weighted by Crippen LogP contribution is -2.08. The van der Waals surface area contributed by atoms with Crippen molar-refractivity contribution in [2.24, 2.45) is 0 Å². The van der Waals surface area contributed by atoms with Crippen LogP contribution in [-0.4, -0.2) is 22.2 Å². The SMILES string of the molecule is COc1nccnc1C(O)Cc1ccccc1F. The summed E-state index contributed by atoms with van der Waals surface area (Å²) in [5, 5.41) is 10.1. The number of nitrogens with zero attached hydrogens (tertiary/aromatic N) is 2. The van der Waals surface area contributed by atoms with Crippen molar-refractivity contribution < 1.29 is 14.2 Å². The lowest BCUT2D eigenvalue weighted by atomic mass is 10.1. The van der Waals surface area contributed by atoms with Crippen LogP contribution in [0.4, 0.5) is 4.39 Å². The smallest absolute Gasteiger partial charge is 0.238 e. The van der Waals surface area contributed by atoms with Crippen molar-refractivity contribution in [2.75, 3.05) is 7.11 Å². The van der Waals surface area contributed by atoms with Crippen LogP contribution in [-0.2, 0) is 6.42 Å². The van der Waals surface area contributed by atoms with Gasteiger partial charge in [-0.05, 0) is 11.6 Å². The molecule has 1 aromatic carbocycles. The zero-order chi connectivity index (χ0) is 13.0. The molecule has 1 heterocycles. The minimum Gasteiger partial charge on any atom is -0.480 e. The van der Waals surface area contributed by atoms with Crippen LogP contribution in [0.15, 0.2) is 36.7 Å². The summed E-state index contributed by atoms with van der Waals surface area (Å²) in [6, 6.07) is 6.31. The third-order valence-electron chi connectivity index (χ3n) is 2.57. The van der Waals surface area contributed by atoms with Crippen LogP contribution in [0.1, 0.15) is 17.4 Å². The molecule has 1 unspecified atom stereocenters. The summed E-state index contributed by atoms with van der Waals surface area (Å²) < 4.78 is 18.5. The van der Waals surface area contributed by atoms with E-state index in [4.69, 9.17) is 4.74 Å². The fourth-order valence-corrected chi connectivity index (χ4v) is 1.69. The van der Waals surface area contributed by atoms with Gasteiger partial charge in [-0.25, -0.2) is 9.37 Å². The molecular formula is C13H13FN2O2. The fraction of sp³-hybridized carbons (Fsp3) is 0.231. The molecule has 2 rings (SSSR count). The number of hydrogen-bond donors (Lipinski definition) is 1. The maximum absolute atomic E-state index is 13.5. The number of methoxy groups -OCH3 is 1. The molecule has 0 saturated carbocycles. The Balaban J connectivity index is 2.22. The second-order valence-corrected chi connectivity index (χ2v) is 3.76. The molecule has 1 aromatic heterocycles. The Morgan fingerprint density at radius 3 is 2.72 bits per heavy atom. The minimum absolute atomic E-state index is 0.127. The Morgan fingerprint density at radius 1 is 1.28 bits per heavy atom. The highest BCUT2D eigenvalue weighted by molar-refractivity contribution is 5.24. The van der Waals surface area contributed by atoms with Crippen molar-refractivity contribution in [2.45, 2.75) is 12.5 Å². The van der Waals surface area contributed by atoms with Gasteiger partial charge in [0.05, 0.1) is 7.11 Å². The first-order valence-electron chi connectivity index (χ1n) is 5.48. The lowest BCUT2D eigenvalue weighted by molar-refractivity contribution is 0.166. The lowest BCUT2D eigenvalue weighted by Gasteiger charge is -2.12. The van der Waals surface area contributed by atoms with Crippen LogP contribution in [0.25, 0.3) is 0 Å². The number of ether oxygens (including phenoxy) is 1. The highest BCUT2D eigenvalue weighted by Crippen LogP contribution is 2.23. The van der Waals surface area contributed by atoms with Crippen molar-refractivity contribution >= 4 is 0 Å². The van der Waals surface area contributed by atoms with Gasteiger partial charge in [-0.15, -0.1) is 0 Å². The third-order valence-corrected chi connectivity index (χ3v) is 2.57. The van der Waals surface area contributed by atoms with Gasteiger partial charge in [0.2, 0.25) is 5.88 Å². The number of halogens is 1. The van der Waals surface area contributed by atoms with Crippen molar-refractivity contribution in [3.8, 4) is 5.88 Å². The number of aliphatic hydroxyl groups is 1. The predicted octanol–water partition coefficient (Wildman–Crippen LogP) is 1.90. The number of hydrogen-bond acceptors (Lipinski definition) is 4. The molecule has 4 nitrogen and oxygen atoms in total. The molecule has 0 amide bonds. The van der Waals surface area contributed by atoms with E-state index in [2.05, 4.69) is 9.97 Å². The van der Waals surface area contributed by atoms with Crippen molar-refractivity contribution in [1.82, 2.24) is 9.97 Å². The van der Waals surface area contributed by atoms with Gasteiger partial charge in [0.15, 0.2) is 0 Å². The van der Waals surface area contributed by atoms with E-state index in [1.807, 2.05) is 0 Å². The molecule has 0 spiro atoms. The Labute approximate surface area is 104 Å². The number of rotatable bonds is 4. The van der Waals surface area contributed by atoms with Crippen LogP contribution in [0.5, 0.6) is 5.88 Å². The molecule has 0 radical (unpaired) electrons. The van der Waals surface area contributed by atoms with Gasteiger partial charge in [0.25, 0.3) is 0 Å². The largest absolute Gasteiger partial charge is 0.480 e. The van der Waals surface area contributed by atoms with E-state index >= 15 is 0 Å². The maximum atomic E-state index is 13.5. The van der Waals surface area contributed by atoms with E-state index in [0.29, 0.717) is 11.3 Å². The first-order chi connectivity index (χ1) is 8.72. The van der Waals surface area contributed by atoms with E-state index < -0.39 is 6.10 Å². The summed E-state index contributed by atoms with van der Waals surface area (Å²) in [5.74, 6) is -0.0965. The maximum Gasteiger partial charge on any atom is 0.238 e. The zero-order valence-corrected chi connectivity index (χ0v) is 9.88. The molecule has 18 heavy (non-hydrogen) atoms. The van der Waals surface area contributed by atoms with Crippen molar-refractivity contribution in [1.29, 1.82) is 0 Å². The van der Waals surface area contributed by atoms with Gasteiger partial charge < -0.3 is 9.84 Å². The second-order valence-electron chi connectivity index (χ2n) is 3.76. The topological polar surface area (TPSA) is 55.2 Å². The second kappa shape index (κ2) is 5.55. The molecule has 0 aliphatic rings. The number of aromatic nitrogens is 2. The van der Waals surface area contributed by atoms with Crippen LogP contribution < -0.4 is 4.74 Å². The number of benzene rings is 1. The van der Waals surface area contributed by atoms with E-state index in [0.717, 1.165) is 0 Å². The molecule has 5 heteroatoms.